The molecule has 0 fully saturated rings. The van der Waals surface area contributed by atoms with Crippen molar-refractivity contribution in [3.8, 4) is 0 Å². The second-order valence-corrected chi connectivity index (χ2v) is 3.61. The van der Waals surface area contributed by atoms with E-state index in [1.165, 1.54) is 6.20 Å². The Bertz CT molecular complexity index is 517. The van der Waals surface area contributed by atoms with Gasteiger partial charge >= 0.3 is 5.97 Å². The highest BCUT2D eigenvalue weighted by Crippen LogP contribution is 2.12. The first-order chi connectivity index (χ1) is 8.25. The molecule has 86 valence electrons. The van der Waals surface area contributed by atoms with Gasteiger partial charge in [-0.3, -0.25) is 0 Å². The summed E-state index contributed by atoms with van der Waals surface area (Å²) in [6.45, 7) is 0. The van der Waals surface area contributed by atoms with Crippen LogP contribution in [-0.4, -0.2) is 11.0 Å². The number of carbonyl (C=O) groups is 1. The van der Waals surface area contributed by atoms with Crippen molar-refractivity contribution in [1.82, 2.24) is 4.98 Å². The minimum absolute atomic E-state index is 0.325. The summed E-state index contributed by atoms with van der Waals surface area (Å²) in [4.78, 5) is 20.3. The fourth-order valence-corrected chi connectivity index (χ4v) is 1.38. The zero-order chi connectivity index (χ0) is 12.1. The van der Waals surface area contributed by atoms with E-state index in [9.17, 15) is 4.79 Å². The SMILES string of the molecule is O=C(ONc1ccnc(Cl)c1)c1ccccc1. The van der Waals surface area contributed by atoms with Gasteiger partial charge in [0.25, 0.3) is 0 Å². The summed E-state index contributed by atoms with van der Waals surface area (Å²) >= 11 is 5.69. The van der Waals surface area contributed by atoms with Gasteiger partial charge in [0.15, 0.2) is 0 Å². The molecule has 0 saturated heterocycles. The van der Waals surface area contributed by atoms with Gasteiger partial charge in [-0.05, 0) is 18.2 Å². The maximum atomic E-state index is 11.6. The fraction of sp³-hybridized carbons (Fsp3) is 0. The van der Waals surface area contributed by atoms with E-state index in [-0.39, 0.29) is 0 Å². The summed E-state index contributed by atoms with van der Waals surface area (Å²) < 4.78 is 0. The van der Waals surface area contributed by atoms with Crippen molar-refractivity contribution in [2.24, 2.45) is 0 Å². The van der Waals surface area contributed by atoms with Gasteiger partial charge in [0.05, 0.1) is 11.3 Å². The summed E-state index contributed by atoms with van der Waals surface area (Å²) in [5, 5.41) is 0.325. The Hall–Kier alpha value is -2.07. The highest BCUT2D eigenvalue weighted by molar-refractivity contribution is 6.29. The number of rotatable bonds is 3. The molecule has 0 aliphatic rings. The first-order valence-electron chi connectivity index (χ1n) is 4.89. The number of halogens is 1. The molecule has 0 atom stereocenters. The molecular weight excluding hydrogens is 240 g/mol. The average Bonchev–Trinajstić information content (AvgIpc) is 2.37. The molecule has 2 aromatic rings. The number of benzene rings is 1. The number of aromatic nitrogens is 1. The Kier molecular flexibility index (Phi) is 3.57. The molecular formula is C12H9ClN2O2. The molecule has 0 spiro atoms. The first-order valence-corrected chi connectivity index (χ1v) is 5.27. The highest BCUT2D eigenvalue weighted by atomic mass is 35.5. The van der Waals surface area contributed by atoms with Gasteiger partial charge < -0.3 is 4.84 Å². The number of anilines is 1. The summed E-state index contributed by atoms with van der Waals surface area (Å²) in [5.74, 6) is -0.460. The van der Waals surface area contributed by atoms with Crippen LogP contribution in [0.15, 0.2) is 48.7 Å². The normalized spacial score (nSPS) is 9.71. The molecule has 0 bridgehead atoms. The lowest BCUT2D eigenvalue weighted by Gasteiger charge is -2.06. The van der Waals surface area contributed by atoms with E-state index in [1.54, 1.807) is 36.4 Å². The van der Waals surface area contributed by atoms with E-state index in [2.05, 4.69) is 10.5 Å². The van der Waals surface area contributed by atoms with E-state index in [4.69, 9.17) is 16.4 Å². The topological polar surface area (TPSA) is 51.2 Å². The molecule has 2 rings (SSSR count). The van der Waals surface area contributed by atoms with Gasteiger partial charge in [0, 0.05) is 12.3 Å². The van der Waals surface area contributed by atoms with Crippen molar-refractivity contribution in [1.29, 1.82) is 0 Å². The zero-order valence-corrected chi connectivity index (χ0v) is 9.52. The van der Waals surface area contributed by atoms with E-state index in [0.717, 1.165) is 0 Å². The van der Waals surface area contributed by atoms with Crippen LogP contribution in [0.25, 0.3) is 0 Å². The van der Waals surface area contributed by atoms with Crippen molar-refractivity contribution < 1.29 is 9.63 Å². The van der Waals surface area contributed by atoms with Crippen LogP contribution in [0.4, 0.5) is 5.69 Å². The molecule has 17 heavy (non-hydrogen) atoms. The molecule has 5 heteroatoms. The van der Waals surface area contributed by atoms with Gasteiger partial charge in [0.2, 0.25) is 0 Å². The van der Waals surface area contributed by atoms with Crippen molar-refractivity contribution in [3.05, 3.63) is 59.4 Å². The van der Waals surface area contributed by atoms with E-state index in [1.807, 2.05) is 6.07 Å². The summed E-state index contributed by atoms with van der Waals surface area (Å²) in [6.07, 6.45) is 1.51. The largest absolute Gasteiger partial charge is 0.362 e. The van der Waals surface area contributed by atoms with Crippen LogP contribution in [0.5, 0.6) is 0 Å². The number of carbonyl (C=O) groups excluding carboxylic acids is 1. The van der Waals surface area contributed by atoms with Crippen LogP contribution < -0.4 is 5.48 Å². The van der Waals surface area contributed by atoms with Crippen LogP contribution in [-0.2, 0) is 4.84 Å². The Morgan fingerprint density at radius 3 is 2.71 bits per heavy atom. The van der Waals surface area contributed by atoms with Crippen molar-refractivity contribution in [2.75, 3.05) is 5.48 Å². The smallest absolute Gasteiger partial charge is 0.338 e. The van der Waals surface area contributed by atoms with Crippen molar-refractivity contribution in [2.45, 2.75) is 0 Å². The van der Waals surface area contributed by atoms with Crippen molar-refractivity contribution >= 4 is 23.3 Å². The minimum Gasteiger partial charge on any atom is -0.338 e. The maximum absolute atomic E-state index is 11.6. The second-order valence-electron chi connectivity index (χ2n) is 3.22. The lowest BCUT2D eigenvalue weighted by Crippen LogP contribution is -2.10. The molecule has 0 radical (unpaired) electrons. The number of pyridine rings is 1. The Morgan fingerprint density at radius 2 is 2.00 bits per heavy atom. The van der Waals surface area contributed by atoms with Crippen LogP contribution >= 0.6 is 11.6 Å². The van der Waals surface area contributed by atoms with E-state index >= 15 is 0 Å². The van der Waals surface area contributed by atoms with Gasteiger partial charge in [-0.1, -0.05) is 29.8 Å². The maximum Gasteiger partial charge on any atom is 0.362 e. The third-order valence-corrected chi connectivity index (χ3v) is 2.20. The molecule has 1 aromatic carbocycles. The molecule has 1 N–H and O–H groups in total. The number of nitrogens with one attached hydrogen (secondary N) is 1. The fourth-order valence-electron chi connectivity index (χ4n) is 1.20. The van der Waals surface area contributed by atoms with E-state index in [0.29, 0.717) is 16.4 Å². The molecule has 1 aromatic heterocycles. The standard InChI is InChI=1S/C12H9ClN2O2/c13-11-8-10(6-7-14-11)15-17-12(16)9-4-2-1-3-5-9/h1-8H,(H,14,15). The van der Waals surface area contributed by atoms with E-state index < -0.39 is 5.97 Å². The lowest BCUT2D eigenvalue weighted by molar-refractivity contribution is 0.0596. The van der Waals surface area contributed by atoms with Crippen LogP contribution in [0.1, 0.15) is 10.4 Å². The number of hydrogen-bond donors (Lipinski definition) is 1. The molecule has 4 nitrogen and oxygen atoms in total. The quantitative estimate of drug-likeness (QED) is 0.670. The van der Waals surface area contributed by atoms with Gasteiger partial charge in [-0.15, -0.1) is 0 Å². The molecule has 0 aliphatic heterocycles. The second kappa shape index (κ2) is 5.32. The third kappa shape index (κ3) is 3.19. The molecule has 0 amide bonds. The summed E-state index contributed by atoms with van der Waals surface area (Å²) in [6, 6.07) is 11.9. The van der Waals surface area contributed by atoms with Gasteiger partial charge in [0.1, 0.15) is 5.15 Å². The average molecular weight is 249 g/mol. The summed E-state index contributed by atoms with van der Waals surface area (Å²) in [7, 11) is 0. The van der Waals surface area contributed by atoms with Crippen LogP contribution in [0.2, 0.25) is 5.15 Å². The molecule has 1 heterocycles. The van der Waals surface area contributed by atoms with Crippen LogP contribution in [0, 0.1) is 0 Å². The molecule has 0 unspecified atom stereocenters. The van der Waals surface area contributed by atoms with Gasteiger partial charge in [-0.2, -0.15) is 0 Å². The lowest BCUT2D eigenvalue weighted by atomic mass is 10.2. The predicted molar refractivity (Wildman–Crippen MR) is 64.7 cm³/mol. The monoisotopic (exact) mass is 248 g/mol. The number of nitrogens with zero attached hydrogens (tertiary/aromatic N) is 1. The highest BCUT2D eigenvalue weighted by Gasteiger charge is 2.06. The Balaban J connectivity index is 1.97. The Morgan fingerprint density at radius 1 is 1.24 bits per heavy atom. The Labute approximate surface area is 103 Å². The summed E-state index contributed by atoms with van der Waals surface area (Å²) in [5.41, 5.74) is 3.55. The number of hydrogen-bond acceptors (Lipinski definition) is 4. The molecule has 0 aliphatic carbocycles. The van der Waals surface area contributed by atoms with Crippen molar-refractivity contribution in [3.63, 3.8) is 0 Å². The molecule has 0 saturated carbocycles. The third-order valence-electron chi connectivity index (χ3n) is 2.00. The first kappa shape index (κ1) is 11.4. The van der Waals surface area contributed by atoms with Crippen LogP contribution in [0.3, 0.4) is 0 Å². The van der Waals surface area contributed by atoms with Gasteiger partial charge in [-0.25, -0.2) is 15.3 Å². The predicted octanol–water partition coefficient (Wildman–Crippen LogP) is 2.92. The zero-order valence-electron chi connectivity index (χ0n) is 8.76. The minimum atomic E-state index is -0.460.